The molecule has 134 valence electrons. The number of hydrogen-bond acceptors (Lipinski definition) is 4. The summed E-state index contributed by atoms with van der Waals surface area (Å²) in [6.07, 6.45) is 0.463. The molecule has 0 saturated carbocycles. The third kappa shape index (κ3) is 7.18. The van der Waals surface area contributed by atoms with Gasteiger partial charge in [-0.3, -0.25) is 14.7 Å². The zero-order chi connectivity index (χ0) is 17.2. The Bertz CT molecular complexity index is 379. The lowest BCUT2D eigenvalue weighted by Gasteiger charge is -2.37. The summed E-state index contributed by atoms with van der Waals surface area (Å²) < 4.78 is 5.44. The molecule has 23 heavy (non-hydrogen) atoms. The average molecular weight is 327 g/mol. The number of morpholine rings is 1. The maximum Gasteiger partial charge on any atom is 0.223 e. The second-order valence-electron chi connectivity index (χ2n) is 6.38. The molecule has 0 bridgehead atoms. The highest BCUT2D eigenvalue weighted by molar-refractivity contribution is 5.81. The van der Waals surface area contributed by atoms with Crippen LogP contribution in [0.25, 0.3) is 0 Å². The number of carbonyl (C=O) groups excluding carboxylic acids is 1. The minimum atomic E-state index is 0.112. The van der Waals surface area contributed by atoms with E-state index in [0.717, 1.165) is 38.8 Å². The van der Waals surface area contributed by atoms with Crippen molar-refractivity contribution >= 4 is 11.9 Å². The number of nitrogens with one attached hydrogen (secondary N) is 2. The molecule has 1 saturated heterocycles. The molecule has 0 aromatic heterocycles. The molecule has 1 unspecified atom stereocenters. The molecule has 0 spiro atoms. The van der Waals surface area contributed by atoms with Crippen LogP contribution in [-0.4, -0.2) is 88.2 Å². The predicted octanol–water partition coefficient (Wildman–Crippen LogP) is -0.0135. The first-order valence-corrected chi connectivity index (χ1v) is 8.42. The van der Waals surface area contributed by atoms with E-state index in [0.29, 0.717) is 24.9 Å². The molecule has 1 heterocycles. The molecule has 0 aromatic carbocycles. The Kier molecular flexibility index (Phi) is 8.94. The van der Waals surface area contributed by atoms with Crippen LogP contribution in [-0.2, 0) is 9.53 Å². The Hall–Kier alpha value is -1.34. The van der Waals surface area contributed by atoms with Crippen molar-refractivity contribution in [3.63, 3.8) is 0 Å². The molecule has 2 N–H and O–H groups in total. The molecular formula is C16H33N5O2. The summed E-state index contributed by atoms with van der Waals surface area (Å²) in [7, 11) is 5.29. The molecule has 7 nitrogen and oxygen atoms in total. The number of ether oxygens (including phenoxy) is 1. The highest BCUT2D eigenvalue weighted by Gasteiger charge is 2.23. The van der Waals surface area contributed by atoms with Crippen molar-refractivity contribution in [2.45, 2.75) is 26.3 Å². The third-order valence-electron chi connectivity index (χ3n) is 4.12. The topological polar surface area (TPSA) is 69.2 Å². The predicted molar refractivity (Wildman–Crippen MR) is 93.7 cm³/mol. The minimum Gasteiger partial charge on any atom is -0.379 e. The number of rotatable bonds is 7. The second kappa shape index (κ2) is 10.4. The first kappa shape index (κ1) is 19.7. The first-order valence-electron chi connectivity index (χ1n) is 8.42. The fourth-order valence-electron chi connectivity index (χ4n) is 2.63. The molecule has 1 fully saturated rings. The summed E-state index contributed by atoms with van der Waals surface area (Å²) in [6.45, 7) is 9.48. The number of aliphatic imine (C=N–C) groups is 1. The van der Waals surface area contributed by atoms with Crippen LogP contribution in [0.3, 0.4) is 0 Å². The molecule has 1 aliphatic heterocycles. The van der Waals surface area contributed by atoms with Gasteiger partial charge in [0.2, 0.25) is 5.91 Å². The summed E-state index contributed by atoms with van der Waals surface area (Å²) >= 11 is 0. The smallest absolute Gasteiger partial charge is 0.223 e. The molecule has 1 rings (SSSR count). The van der Waals surface area contributed by atoms with Crippen LogP contribution in [0.4, 0.5) is 0 Å². The van der Waals surface area contributed by atoms with E-state index in [1.54, 1.807) is 26.0 Å². The number of amides is 1. The van der Waals surface area contributed by atoms with Gasteiger partial charge in [0.1, 0.15) is 0 Å². The monoisotopic (exact) mass is 327 g/mol. The van der Waals surface area contributed by atoms with E-state index in [2.05, 4.69) is 34.4 Å². The fraction of sp³-hybridized carbons (Fsp3) is 0.875. The minimum absolute atomic E-state index is 0.112. The Labute approximate surface area is 140 Å². The van der Waals surface area contributed by atoms with Gasteiger partial charge in [-0.05, 0) is 5.92 Å². The lowest BCUT2D eigenvalue weighted by Crippen LogP contribution is -2.52. The third-order valence-corrected chi connectivity index (χ3v) is 4.12. The highest BCUT2D eigenvalue weighted by Crippen LogP contribution is 2.12. The van der Waals surface area contributed by atoms with E-state index in [-0.39, 0.29) is 5.91 Å². The van der Waals surface area contributed by atoms with Gasteiger partial charge in [-0.1, -0.05) is 13.8 Å². The standard InChI is InChI=1S/C16H33N5O2/c1-13(2)14(21-8-10-23-11-9-21)12-19-16(17-3)18-7-6-15(22)20(4)5/h13-14H,6-12H2,1-5H3,(H2,17,18,19). The van der Waals surface area contributed by atoms with Gasteiger partial charge in [0.25, 0.3) is 0 Å². The molecule has 1 amide bonds. The van der Waals surface area contributed by atoms with E-state index < -0.39 is 0 Å². The SMILES string of the molecule is CN=C(NCCC(=O)N(C)C)NCC(C(C)C)N1CCOCC1. The normalized spacial score (nSPS) is 17.9. The summed E-state index contributed by atoms with van der Waals surface area (Å²) in [5.74, 6) is 1.41. The van der Waals surface area contributed by atoms with Crippen molar-refractivity contribution < 1.29 is 9.53 Å². The van der Waals surface area contributed by atoms with Crippen LogP contribution in [0.15, 0.2) is 4.99 Å². The van der Waals surface area contributed by atoms with Crippen molar-refractivity contribution in [2.75, 3.05) is 60.5 Å². The lowest BCUT2D eigenvalue weighted by atomic mass is 10.0. The molecular weight excluding hydrogens is 294 g/mol. The molecule has 0 aliphatic carbocycles. The summed E-state index contributed by atoms with van der Waals surface area (Å²) in [5, 5.41) is 6.58. The van der Waals surface area contributed by atoms with Gasteiger partial charge in [0.15, 0.2) is 5.96 Å². The van der Waals surface area contributed by atoms with Gasteiger partial charge in [0.05, 0.1) is 13.2 Å². The van der Waals surface area contributed by atoms with Crippen LogP contribution in [0.2, 0.25) is 0 Å². The van der Waals surface area contributed by atoms with Crippen molar-refractivity contribution in [2.24, 2.45) is 10.9 Å². The number of guanidine groups is 1. The van der Waals surface area contributed by atoms with Crippen molar-refractivity contribution in [3.05, 3.63) is 0 Å². The molecule has 0 aromatic rings. The van der Waals surface area contributed by atoms with Crippen LogP contribution in [0.1, 0.15) is 20.3 Å². The van der Waals surface area contributed by atoms with Gasteiger partial charge >= 0.3 is 0 Å². The molecule has 0 radical (unpaired) electrons. The lowest BCUT2D eigenvalue weighted by molar-refractivity contribution is -0.128. The zero-order valence-electron chi connectivity index (χ0n) is 15.3. The second-order valence-corrected chi connectivity index (χ2v) is 6.38. The molecule has 7 heteroatoms. The highest BCUT2D eigenvalue weighted by atomic mass is 16.5. The fourth-order valence-corrected chi connectivity index (χ4v) is 2.63. The molecule has 1 atom stereocenters. The van der Waals surface area contributed by atoms with E-state index in [1.165, 1.54) is 0 Å². The summed E-state index contributed by atoms with van der Waals surface area (Å²) in [4.78, 5) is 19.9. The molecule has 1 aliphatic rings. The van der Waals surface area contributed by atoms with Crippen LogP contribution >= 0.6 is 0 Å². The van der Waals surface area contributed by atoms with Gasteiger partial charge in [0, 0.05) is 59.8 Å². The van der Waals surface area contributed by atoms with Crippen LogP contribution < -0.4 is 10.6 Å². The maximum atomic E-state index is 11.6. The Balaban J connectivity index is 2.40. The van der Waals surface area contributed by atoms with E-state index in [4.69, 9.17) is 4.74 Å². The van der Waals surface area contributed by atoms with Crippen molar-refractivity contribution in [1.29, 1.82) is 0 Å². The Morgan fingerprint density at radius 2 is 1.91 bits per heavy atom. The average Bonchev–Trinajstić information content (AvgIpc) is 2.53. The quantitative estimate of drug-likeness (QED) is 0.508. The Morgan fingerprint density at radius 1 is 1.26 bits per heavy atom. The van der Waals surface area contributed by atoms with Gasteiger partial charge < -0.3 is 20.3 Å². The first-order chi connectivity index (χ1) is 11.0. The van der Waals surface area contributed by atoms with Crippen molar-refractivity contribution in [3.8, 4) is 0 Å². The number of carbonyl (C=O) groups is 1. The van der Waals surface area contributed by atoms with E-state index in [1.807, 2.05) is 0 Å². The van der Waals surface area contributed by atoms with Gasteiger partial charge in [-0.25, -0.2) is 0 Å². The van der Waals surface area contributed by atoms with E-state index in [9.17, 15) is 4.79 Å². The number of nitrogens with zero attached hydrogens (tertiary/aromatic N) is 3. The largest absolute Gasteiger partial charge is 0.379 e. The van der Waals surface area contributed by atoms with Crippen LogP contribution in [0.5, 0.6) is 0 Å². The van der Waals surface area contributed by atoms with E-state index >= 15 is 0 Å². The van der Waals surface area contributed by atoms with Gasteiger partial charge in [-0.2, -0.15) is 0 Å². The van der Waals surface area contributed by atoms with Crippen LogP contribution in [0, 0.1) is 5.92 Å². The van der Waals surface area contributed by atoms with Crippen molar-refractivity contribution in [1.82, 2.24) is 20.4 Å². The van der Waals surface area contributed by atoms with Gasteiger partial charge in [-0.15, -0.1) is 0 Å². The Morgan fingerprint density at radius 3 is 2.43 bits per heavy atom. The zero-order valence-corrected chi connectivity index (χ0v) is 15.3. The number of hydrogen-bond donors (Lipinski definition) is 2. The maximum absolute atomic E-state index is 11.6. The summed E-state index contributed by atoms with van der Waals surface area (Å²) in [6, 6.07) is 0.445. The summed E-state index contributed by atoms with van der Waals surface area (Å²) in [5.41, 5.74) is 0.